The molecule has 0 aromatic rings. The predicted molar refractivity (Wildman–Crippen MR) is 181 cm³/mol. The first kappa shape index (κ1) is 35.7. The number of nitrogens with one attached hydrogen (secondary N) is 3. The van der Waals surface area contributed by atoms with Gasteiger partial charge in [-0.25, -0.2) is 18.0 Å². The van der Waals surface area contributed by atoms with E-state index >= 15 is 0 Å². The van der Waals surface area contributed by atoms with Crippen LogP contribution in [-0.2, 0) is 24.4 Å². The SMILES string of the molecule is CCCCCC/C=C\C1C[C@]1(NC(=O)[C@@H]1CCCN1C(=O)CNC(=O)NC(CN1CC2=C(CCS2)S1(=O)=O)C1CCCCC1)C(=O)O. The van der Waals surface area contributed by atoms with E-state index in [1.807, 2.05) is 12.2 Å². The summed E-state index contributed by atoms with van der Waals surface area (Å²) >= 11 is 1.59. The number of nitrogens with zero attached hydrogens (tertiary/aromatic N) is 2. The minimum absolute atomic E-state index is 0.138. The number of allylic oxidation sites excluding steroid dienone is 2. The Kier molecular flexibility index (Phi) is 12.0. The molecule has 2 aliphatic carbocycles. The molecular weight excluding hydrogens is 643 g/mol. The largest absolute Gasteiger partial charge is 0.479 e. The highest BCUT2D eigenvalue weighted by atomic mass is 32.2. The van der Waals surface area contributed by atoms with Gasteiger partial charge in [0, 0.05) is 42.3 Å². The fraction of sp³-hybridized carbons (Fsp3) is 0.758. The highest BCUT2D eigenvalue weighted by molar-refractivity contribution is 8.05. The number of sulfonamides is 1. The second-order valence-electron chi connectivity index (χ2n) is 13.7. The second-order valence-corrected chi connectivity index (χ2v) is 16.8. The average Bonchev–Trinajstić information content (AvgIpc) is 3.39. The normalized spacial score (nSPS) is 28.0. The maximum atomic E-state index is 13.3. The van der Waals surface area contributed by atoms with Crippen molar-refractivity contribution in [3.8, 4) is 0 Å². The number of carbonyl (C=O) groups is 4. The molecule has 0 spiro atoms. The Bertz CT molecular complexity index is 1360. The summed E-state index contributed by atoms with van der Waals surface area (Å²) in [6, 6.07) is -1.74. The van der Waals surface area contributed by atoms with Crippen LogP contribution in [0, 0.1) is 11.8 Å². The Morgan fingerprint density at radius 2 is 1.87 bits per heavy atom. The zero-order valence-electron chi connectivity index (χ0n) is 27.5. The summed E-state index contributed by atoms with van der Waals surface area (Å²) in [6.45, 7) is 2.71. The maximum absolute atomic E-state index is 13.3. The Balaban J connectivity index is 1.13. The lowest BCUT2D eigenvalue weighted by molar-refractivity contribution is -0.145. The first-order valence-electron chi connectivity index (χ1n) is 17.5. The van der Waals surface area contributed by atoms with Gasteiger partial charge in [-0.3, -0.25) is 9.59 Å². The van der Waals surface area contributed by atoms with Crippen molar-refractivity contribution in [2.24, 2.45) is 11.8 Å². The van der Waals surface area contributed by atoms with Crippen molar-refractivity contribution < 1.29 is 32.7 Å². The summed E-state index contributed by atoms with van der Waals surface area (Å²) < 4.78 is 27.8. The molecule has 262 valence electrons. The summed E-state index contributed by atoms with van der Waals surface area (Å²) in [5.41, 5.74) is -1.35. The smallest absolute Gasteiger partial charge is 0.330 e. The fourth-order valence-corrected chi connectivity index (χ4v) is 11.0. The number of likely N-dealkylation sites (tertiary alicyclic amines) is 1. The molecule has 14 heteroatoms. The number of carboxylic acid groups (broad SMARTS) is 1. The lowest BCUT2D eigenvalue weighted by atomic mass is 9.84. The van der Waals surface area contributed by atoms with Gasteiger partial charge in [-0.05, 0) is 57.3 Å². The van der Waals surface area contributed by atoms with Crippen LogP contribution in [0.1, 0.15) is 96.8 Å². The lowest BCUT2D eigenvalue weighted by Crippen LogP contribution is -2.55. The average molecular weight is 694 g/mol. The van der Waals surface area contributed by atoms with Gasteiger partial charge in [0.25, 0.3) is 0 Å². The number of thioether (sulfide) groups is 1. The van der Waals surface area contributed by atoms with Crippen LogP contribution in [0.3, 0.4) is 0 Å². The zero-order valence-corrected chi connectivity index (χ0v) is 29.1. The molecule has 12 nitrogen and oxygen atoms in total. The van der Waals surface area contributed by atoms with E-state index in [9.17, 15) is 32.7 Å². The van der Waals surface area contributed by atoms with Crippen molar-refractivity contribution in [1.29, 1.82) is 0 Å². The quantitative estimate of drug-likeness (QED) is 0.149. The van der Waals surface area contributed by atoms with Crippen LogP contribution in [0.4, 0.5) is 4.79 Å². The highest BCUT2D eigenvalue weighted by Crippen LogP contribution is 2.45. The molecule has 1 saturated heterocycles. The lowest BCUT2D eigenvalue weighted by Gasteiger charge is -2.33. The van der Waals surface area contributed by atoms with Crippen molar-refractivity contribution in [3.63, 3.8) is 0 Å². The van der Waals surface area contributed by atoms with E-state index in [2.05, 4.69) is 22.9 Å². The molecule has 0 radical (unpaired) electrons. The summed E-state index contributed by atoms with van der Waals surface area (Å²) in [6.07, 6.45) is 16.1. The van der Waals surface area contributed by atoms with E-state index in [4.69, 9.17) is 0 Å². The summed E-state index contributed by atoms with van der Waals surface area (Å²) in [7, 11) is -3.53. The molecule has 0 aromatic carbocycles. The van der Waals surface area contributed by atoms with Crippen molar-refractivity contribution in [3.05, 3.63) is 22.0 Å². The molecule has 3 heterocycles. The number of aliphatic carboxylic acids is 1. The second kappa shape index (κ2) is 15.8. The monoisotopic (exact) mass is 693 g/mol. The van der Waals surface area contributed by atoms with Gasteiger partial charge in [0.1, 0.15) is 11.6 Å². The van der Waals surface area contributed by atoms with Gasteiger partial charge in [0.05, 0.1) is 11.4 Å². The predicted octanol–water partition coefficient (Wildman–Crippen LogP) is 3.71. The highest BCUT2D eigenvalue weighted by Gasteiger charge is 2.61. The first-order valence-corrected chi connectivity index (χ1v) is 19.9. The topological polar surface area (TPSA) is 165 Å². The molecule has 4 amide bonds. The van der Waals surface area contributed by atoms with Crippen molar-refractivity contribution >= 4 is 45.6 Å². The Morgan fingerprint density at radius 1 is 1.09 bits per heavy atom. The first-order chi connectivity index (χ1) is 22.6. The molecule has 3 aliphatic heterocycles. The Morgan fingerprint density at radius 3 is 2.60 bits per heavy atom. The third kappa shape index (κ3) is 8.36. The van der Waals surface area contributed by atoms with Crippen LogP contribution in [0.25, 0.3) is 0 Å². The number of rotatable bonds is 15. The van der Waals surface area contributed by atoms with Crippen LogP contribution >= 0.6 is 11.8 Å². The van der Waals surface area contributed by atoms with Crippen LogP contribution in [-0.4, -0.2) is 96.1 Å². The van der Waals surface area contributed by atoms with E-state index in [0.29, 0.717) is 43.7 Å². The minimum Gasteiger partial charge on any atom is -0.479 e. The van der Waals surface area contributed by atoms with E-state index in [-0.39, 0.29) is 31.0 Å². The molecule has 3 fully saturated rings. The van der Waals surface area contributed by atoms with E-state index in [0.717, 1.165) is 68.4 Å². The molecule has 2 saturated carbocycles. The van der Waals surface area contributed by atoms with Gasteiger partial charge >= 0.3 is 12.0 Å². The van der Waals surface area contributed by atoms with Crippen LogP contribution in [0.2, 0.25) is 0 Å². The molecule has 4 atom stereocenters. The Labute approximate surface area is 283 Å². The number of hydrogen-bond acceptors (Lipinski definition) is 7. The van der Waals surface area contributed by atoms with Crippen molar-refractivity contribution in [1.82, 2.24) is 25.2 Å². The number of urea groups is 1. The number of carboxylic acids is 1. The van der Waals surface area contributed by atoms with Crippen LogP contribution in [0.5, 0.6) is 0 Å². The maximum Gasteiger partial charge on any atom is 0.330 e. The molecule has 2 unspecified atom stereocenters. The molecule has 5 aliphatic rings. The van der Waals surface area contributed by atoms with Gasteiger partial charge in [-0.15, -0.1) is 11.8 Å². The molecule has 47 heavy (non-hydrogen) atoms. The van der Waals surface area contributed by atoms with Gasteiger partial charge in [-0.1, -0.05) is 57.6 Å². The van der Waals surface area contributed by atoms with Gasteiger partial charge in [0.2, 0.25) is 21.8 Å². The zero-order chi connectivity index (χ0) is 33.6. The summed E-state index contributed by atoms with van der Waals surface area (Å²) in [5.74, 6) is -1.34. The van der Waals surface area contributed by atoms with E-state index < -0.39 is 45.4 Å². The van der Waals surface area contributed by atoms with Crippen LogP contribution < -0.4 is 16.0 Å². The molecule has 0 aromatic heterocycles. The number of hydrogen-bond donors (Lipinski definition) is 4. The third-order valence-electron chi connectivity index (χ3n) is 10.4. The van der Waals surface area contributed by atoms with Gasteiger partial charge < -0.3 is 26.0 Å². The number of carbonyl (C=O) groups excluding carboxylic acids is 3. The fourth-order valence-electron chi connectivity index (χ4n) is 7.56. The third-order valence-corrected chi connectivity index (χ3v) is 13.7. The van der Waals surface area contributed by atoms with Gasteiger partial charge in [-0.2, -0.15) is 4.31 Å². The molecule has 4 N–H and O–H groups in total. The molecule has 5 rings (SSSR count). The Hall–Kier alpha value is -2.58. The van der Waals surface area contributed by atoms with Crippen molar-refractivity contribution in [2.45, 2.75) is 114 Å². The summed E-state index contributed by atoms with van der Waals surface area (Å²) in [4.78, 5) is 54.7. The van der Waals surface area contributed by atoms with Crippen molar-refractivity contribution in [2.75, 3.05) is 31.9 Å². The summed E-state index contributed by atoms with van der Waals surface area (Å²) in [5, 5.41) is 18.3. The van der Waals surface area contributed by atoms with Gasteiger partial charge in [0.15, 0.2) is 0 Å². The number of unbranched alkanes of at least 4 members (excludes halogenated alkanes) is 4. The number of amides is 4. The minimum atomic E-state index is -3.53. The molecule has 0 bridgehead atoms. The molecular formula is C33H51N5O7S2. The standard InChI is InChI=1S/C33H51N5O7S2/c1-2-3-4-5-6-10-14-24-19-33(24,31(41)42)36-30(40)26-15-11-17-38(26)29(39)20-34-32(43)35-25(23-12-8-7-9-13-23)21-37-22-27-28(16-18-46-27)47(37,44)45/h10,14,23-26H,2-9,11-13,15-22H2,1H3,(H,36,40)(H,41,42)(H2,34,35,43)/b14-10-/t24?,25?,26-,33+/m0/s1. The van der Waals surface area contributed by atoms with E-state index in [1.54, 1.807) is 11.8 Å². The van der Waals surface area contributed by atoms with E-state index in [1.165, 1.54) is 15.6 Å². The van der Waals surface area contributed by atoms with Crippen LogP contribution in [0.15, 0.2) is 22.0 Å².